The fourth-order valence-corrected chi connectivity index (χ4v) is 13.1. The summed E-state index contributed by atoms with van der Waals surface area (Å²) < 4.78 is 0. The van der Waals surface area contributed by atoms with E-state index in [9.17, 15) is 112 Å². The quantitative estimate of drug-likeness (QED) is 0.0127. The summed E-state index contributed by atoms with van der Waals surface area (Å²) in [7, 11) is 0. The van der Waals surface area contributed by atoms with Crippen molar-refractivity contribution < 1.29 is 112 Å². The molecular formula is C77H121N23O23S2. The Balaban J connectivity index is 1.75. The van der Waals surface area contributed by atoms with Crippen LogP contribution >= 0.6 is 25.3 Å². The number of nitrogens with one attached hydrogen (secondary N) is 18. The van der Waals surface area contributed by atoms with Gasteiger partial charge in [0.05, 0.1) is 32.3 Å². The molecule has 125 heavy (non-hydrogen) atoms. The number of guanidine groups is 2. The number of carboxylic acids is 2. The number of thiol groups is 2. The SMILES string of the molecule is CC[C@H](C)[C@H](NC(=O)[C@H](CCCNC(=N)N)N1C(=O)[C@@H](N)CC1C)C(=O)N[C@H](C(=O)N[C@@H](CCC(N)=O)C(=O)N[C@@H](CS)C(=O)N[C@@H](CCCNC(=N)N)C(=O)NC(CO)C(=O)N[C@H](C(=O)N[C@@H](CCC(=O)O)C(=O)NCC(=O)NC(CO)C(=O)N[C@@H](CS)C(=O)NCC(=O)N[C@@H](Cc1ccccc1)C(=O)NC(Cc1ccc(O)cc1)C(=O)O)C(C)C)C(C)C. The molecule has 2 aromatic rings. The Labute approximate surface area is 732 Å². The van der Waals surface area contributed by atoms with Gasteiger partial charge < -0.3 is 138 Å². The van der Waals surface area contributed by atoms with E-state index in [-0.39, 0.29) is 69.7 Å². The van der Waals surface area contributed by atoms with Crippen LogP contribution < -0.4 is 108 Å². The highest BCUT2D eigenvalue weighted by Gasteiger charge is 2.44. The third-order valence-corrected chi connectivity index (χ3v) is 20.5. The number of aliphatic carboxylic acids is 2. The van der Waals surface area contributed by atoms with Gasteiger partial charge in [-0.25, -0.2) is 4.79 Å². The monoisotopic (exact) mass is 1800 g/mol. The number of hydrogen-bond acceptors (Lipinski definition) is 26. The first kappa shape index (κ1) is 107. The van der Waals surface area contributed by atoms with Gasteiger partial charge in [0.15, 0.2) is 11.9 Å². The van der Waals surface area contributed by atoms with Gasteiger partial charge in [-0.2, -0.15) is 25.3 Å². The molecule has 0 spiro atoms. The number of likely N-dealkylation sites (tertiary alicyclic amines) is 1. The molecule has 1 saturated heterocycles. The topological polar surface area (TPSA) is 756 Å². The van der Waals surface area contributed by atoms with Gasteiger partial charge >= 0.3 is 11.9 Å². The summed E-state index contributed by atoms with van der Waals surface area (Å²) in [6.07, 6.45) is -2.17. The standard InChI is InChI=1S/C77H121N23O23S2/c1-8-39(6)61(99-70(117)54(17-13-27-85-77(82)83)100-40(7)28-44(78)74(100)121)73(120)98-60(38(4)5)72(119)92-47(22-24-55(79)104)65(112)96-53(36-125)69(116)90-45(16-12-26-84-76(80)81)64(111)94-51(34-102)68(115)97-59(37(2)3)71(118)91-46(23-25-58(107)108)62(109)86-32-57(106)89-50(33-101)67(114)95-52(35-124)63(110)87-31-56(105)88-48(29-41-14-10-9-11-15-41)66(113)93-49(75(122)123)30-42-18-20-43(103)21-19-42/h9-11,14-15,18-21,37-40,44-54,59-61,101-103,124-125H,8,12-13,16-17,22-36,78H2,1-7H3,(H2,79,104)(H,86,109)(H,87,110)(H,88,105)(H,89,106)(H,90,116)(H,91,118)(H,92,119)(H,93,113)(H,94,111)(H,95,114)(H,96,112)(H,97,115)(H,98,120)(H,99,117)(H,107,108)(H,122,123)(H4,80,81,84)(H4,82,83,85)/t39-,40?,44-,45-,46-,47-,48-,49?,50?,51?,52-,53-,54-,59-,60-,61-/m0/s1. The molecule has 0 radical (unpaired) electrons. The molecule has 16 amide bonds. The average Bonchev–Trinajstić information content (AvgIpc) is 1.66. The van der Waals surface area contributed by atoms with Crippen molar-refractivity contribution in [1.29, 1.82) is 10.8 Å². The maximum absolute atomic E-state index is 14.4. The Morgan fingerprint density at radius 2 is 0.848 bits per heavy atom. The van der Waals surface area contributed by atoms with Crippen molar-refractivity contribution in [3.05, 3.63) is 65.7 Å². The number of rotatable bonds is 56. The molecule has 1 aliphatic rings. The summed E-state index contributed by atoms with van der Waals surface area (Å²) >= 11 is 8.34. The number of carbonyl (C=O) groups excluding carboxylic acids is 16. The zero-order valence-corrected chi connectivity index (χ0v) is 72.3. The molecule has 1 heterocycles. The Morgan fingerprint density at radius 3 is 1.32 bits per heavy atom. The third kappa shape index (κ3) is 37.4. The van der Waals surface area contributed by atoms with Crippen molar-refractivity contribution in [3.8, 4) is 5.75 Å². The van der Waals surface area contributed by atoms with Crippen LogP contribution in [0.4, 0.5) is 0 Å². The number of aromatic hydroxyl groups is 1. The molecule has 16 atom stereocenters. The van der Waals surface area contributed by atoms with Crippen LogP contribution in [0.25, 0.3) is 0 Å². The van der Waals surface area contributed by atoms with Crippen molar-refractivity contribution in [3.63, 3.8) is 0 Å². The van der Waals surface area contributed by atoms with Crippen LogP contribution in [0.15, 0.2) is 54.6 Å². The predicted molar refractivity (Wildman–Crippen MR) is 456 cm³/mol. The highest BCUT2D eigenvalue weighted by Crippen LogP contribution is 2.25. The fraction of sp³-hybridized carbons (Fsp3) is 0.584. The number of primary amides is 1. The molecule has 2 aromatic carbocycles. The minimum atomic E-state index is -1.93. The fourth-order valence-electron chi connectivity index (χ4n) is 12.6. The molecule has 46 nitrogen and oxygen atoms in total. The molecule has 1 aliphatic heterocycles. The summed E-state index contributed by atoms with van der Waals surface area (Å²) in [5.74, 6) is -22.9. The lowest BCUT2D eigenvalue weighted by atomic mass is 9.95. The molecule has 0 aliphatic carbocycles. The lowest BCUT2D eigenvalue weighted by Crippen LogP contribution is -2.62. The number of nitrogens with zero attached hydrogens (tertiary/aromatic N) is 1. The van der Waals surface area contributed by atoms with Crippen LogP contribution in [0.3, 0.4) is 0 Å². The summed E-state index contributed by atoms with van der Waals surface area (Å²) in [6.45, 7) is 7.10. The Kier molecular flexibility index (Phi) is 46.6. The highest BCUT2D eigenvalue weighted by molar-refractivity contribution is 7.80. The second-order valence-corrected chi connectivity index (χ2v) is 31.2. The van der Waals surface area contributed by atoms with Crippen LogP contribution in [-0.4, -0.2) is 290 Å². The molecule has 48 heteroatoms. The van der Waals surface area contributed by atoms with Crippen molar-refractivity contribution >= 4 is 144 Å². The van der Waals surface area contributed by atoms with E-state index in [0.29, 0.717) is 17.5 Å². The number of phenols is 1. The number of carboxylic acid groups (broad SMARTS) is 2. The molecule has 3 rings (SSSR count). The number of nitrogens with two attached hydrogens (primary N) is 4. The van der Waals surface area contributed by atoms with E-state index < -0.39 is 284 Å². The van der Waals surface area contributed by atoms with E-state index in [2.05, 4.69) is 110 Å². The number of aliphatic hydroxyl groups excluding tert-OH is 2. The van der Waals surface area contributed by atoms with Crippen LogP contribution in [0.5, 0.6) is 5.75 Å². The van der Waals surface area contributed by atoms with Crippen LogP contribution in [0.2, 0.25) is 0 Å². The van der Waals surface area contributed by atoms with Gasteiger partial charge in [-0.3, -0.25) is 92.3 Å². The molecule has 0 aromatic heterocycles. The average molecular weight is 1800 g/mol. The minimum absolute atomic E-state index is 0.0394. The summed E-state index contributed by atoms with van der Waals surface area (Å²) in [5, 5.41) is 104. The van der Waals surface area contributed by atoms with Gasteiger partial charge in [0.25, 0.3) is 0 Å². The van der Waals surface area contributed by atoms with Gasteiger partial charge in [0, 0.05) is 56.3 Å². The Hall–Kier alpha value is -12.2. The number of hydrogen-bond donors (Lipinski definition) is 29. The Bertz CT molecular complexity index is 4080. The molecular weight excluding hydrogens is 1680 g/mol. The van der Waals surface area contributed by atoms with E-state index in [0.717, 1.165) is 0 Å². The van der Waals surface area contributed by atoms with Crippen LogP contribution in [0.1, 0.15) is 124 Å². The van der Waals surface area contributed by atoms with E-state index in [4.69, 9.17) is 33.8 Å². The first-order valence-corrected chi connectivity index (χ1v) is 41.6. The van der Waals surface area contributed by atoms with Crippen molar-refractivity contribution in [2.24, 2.45) is 40.7 Å². The highest BCUT2D eigenvalue weighted by atomic mass is 32.1. The number of phenolic OH excluding ortho intramolecular Hbond substituents is 1. The number of carbonyl (C=O) groups is 18. The largest absolute Gasteiger partial charge is 0.508 e. The first-order valence-electron chi connectivity index (χ1n) is 40.3. The molecule has 31 N–H and O–H groups in total. The lowest BCUT2D eigenvalue weighted by molar-refractivity contribution is -0.142. The normalized spacial score (nSPS) is 16.3. The van der Waals surface area contributed by atoms with Crippen molar-refractivity contribution in [1.82, 2.24) is 90.0 Å². The maximum atomic E-state index is 14.4. The third-order valence-electron chi connectivity index (χ3n) is 19.8. The second kappa shape index (κ2) is 54.4. The van der Waals surface area contributed by atoms with Gasteiger partial charge in [-0.15, -0.1) is 0 Å². The zero-order valence-electron chi connectivity index (χ0n) is 70.5. The van der Waals surface area contributed by atoms with Crippen LogP contribution in [-0.2, 0) is 99.1 Å². The van der Waals surface area contributed by atoms with E-state index in [1.165, 1.54) is 43.0 Å². The first-order chi connectivity index (χ1) is 58.9. The van der Waals surface area contributed by atoms with E-state index >= 15 is 0 Å². The number of aliphatic hydroxyl groups is 2. The number of amides is 16. The zero-order chi connectivity index (χ0) is 94.1. The van der Waals surface area contributed by atoms with Crippen molar-refractivity contribution in [2.75, 3.05) is 50.9 Å². The van der Waals surface area contributed by atoms with E-state index in [1.54, 1.807) is 65.0 Å². The van der Waals surface area contributed by atoms with Crippen molar-refractivity contribution in [2.45, 2.75) is 216 Å². The van der Waals surface area contributed by atoms with Gasteiger partial charge in [-0.1, -0.05) is 90.4 Å². The summed E-state index contributed by atoms with van der Waals surface area (Å²) in [6, 6.07) is -7.96. The summed E-state index contributed by atoms with van der Waals surface area (Å²) in [5.41, 5.74) is 23.5. The van der Waals surface area contributed by atoms with E-state index in [1.807, 2.05) is 0 Å². The minimum Gasteiger partial charge on any atom is -0.508 e. The summed E-state index contributed by atoms with van der Waals surface area (Å²) in [4.78, 5) is 245. The Morgan fingerprint density at radius 1 is 0.464 bits per heavy atom. The molecule has 694 valence electrons. The van der Waals surface area contributed by atoms with Gasteiger partial charge in [0.2, 0.25) is 94.5 Å². The molecule has 0 saturated carbocycles. The van der Waals surface area contributed by atoms with Crippen LogP contribution in [0, 0.1) is 28.6 Å². The molecule has 0 bridgehead atoms. The molecule has 4 unspecified atom stereocenters. The van der Waals surface area contributed by atoms with Gasteiger partial charge in [0.1, 0.15) is 84.3 Å². The smallest absolute Gasteiger partial charge is 0.326 e. The number of benzene rings is 2. The van der Waals surface area contributed by atoms with Gasteiger partial charge in [-0.05, 0) is 92.9 Å². The lowest BCUT2D eigenvalue weighted by Gasteiger charge is -2.34. The molecule has 1 fully saturated rings. The second-order valence-electron chi connectivity index (χ2n) is 30.4. The maximum Gasteiger partial charge on any atom is 0.326 e. The predicted octanol–water partition coefficient (Wildman–Crippen LogP) is -8.51.